The van der Waals surface area contributed by atoms with Crippen molar-refractivity contribution >= 4 is 29.6 Å². The maximum Gasteiger partial charge on any atom is 0.333 e. The van der Waals surface area contributed by atoms with Crippen LogP contribution >= 0.6 is 11.8 Å². The number of ether oxygens (including phenoxy) is 2. The van der Waals surface area contributed by atoms with Gasteiger partial charge in [0.2, 0.25) is 5.91 Å². The van der Waals surface area contributed by atoms with E-state index in [0.717, 1.165) is 0 Å². The van der Waals surface area contributed by atoms with Crippen LogP contribution in [0.2, 0.25) is 0 Å². The summed E-state index contributed by atoms with van der Waals surface area (Å²) in [7, 11) is 0. The molecule has 0 aromatic carbocycles. The topological polar surface area (TPSA) is 81.7 Å². The van der Waals surface area contributed by atoms with Crippen molar-refractivity contribution in [3.63, 3.8) is 0 Å². The lowest BCUT2D eigenvalue weighted by Crippen LogP contribution is -2.33. The number of thioether (sulfide) groups is 1. The van der Waals surface area contributed by atoms with Gasteiger partial charge in [0.05, 0.1) is 12.8 Å². The molecule has 0 rings (SSSR count). The summed E-state index contributed by atoms with van der Waals surface area (Å²) in [6, 6.07) is 0. The van der Waals surface area contributed by atoms with E-state index in [2.05, 4.69) is 11.9 Å². The van der Waals surface area contributed by atoms with Gasteiger partial charge in [-0.15, -0.1) is 0 Å². The number of hydrogen-bond donors (Lipinski definition) is 1. The second-order valence-electron chi connectivity index (χ2n) is 5.43. The molecule has 0 aliphatic carbocycles. The Morgan fingerprint density at radius 1 is 1.23 bits per heavy atom. The maximum absolute atomic E-state index is 11.6. The molecular weight excluding hydrogens is 306 g/mol. The van der Waals surface area contributed by atoms with Crippen LogP contribution in [0.25, 0.3) is 0 Å². The minimum atomic E-state index is -0.521. The van der Waals surface area contributed by atoms with Crippen LogP contribution in [0.4, 0.5) is 0 Å². The van der Waals surface area contributed by atoms with Gasteiger partial charge >= 0.3 is 11.9 Å². The zero-order valence-electron chi connectivity index (χ0n) is 13.7. The van der Waals surface area contributed by atoms with E-state index in [1.54, 1.807) is 11.8 Å². The molecular formula is C15H25NO5S. The first-order valence-corrected chi connectivity index (χ1v) is 8.37. The first kappa shape index (κ1) is 20.5. The molecule has 0 unspecified atom stereocenters. The average molecular weight is 331 g/mol. The lowest BCUT2D eigenvalue weighted by Gasteiger charge is -2.24. The molecule has 0 fully saturated rings. The highest BCUT2D eigenvalue weighted by molar-refractivity contribution is 7.98. The summed E-state index contributed by atoms with van der Waals surface area (Å²) >= 11 is 1.60. The summed E-state index contributed by atoms with van der Waals surface area (Å²) in [5, 5.41) is 2.58. The molecule has 22 heavy (non-hydrogen) atoms. The Balaban J connectivity index is 3.82. The maximum atomic E-state index is 11.6. The van der Waals surface area contributed by atoms with Crippen molar-refractivity contribution in [2.45, 2.75) is 39.2 Å². The van der Waals surface area contributed by atoms with E-state index in [-0.39, 0.29) is 43.4 Å². The zero-order valence-corrected chi connectivity index (χ0v) is 14.5. The Labute approximate surface area is 136 Å². The highest BCUT2D eigenvalue weighted by atomic mass is 32.2. The van der Waals surface area contributed by atoms with Crippen molar-refractivity contribution in [2.75, 3.05) is 25.2 Å². The number of carbonyl (C=O) groups excluding carboxylic acids is 3. The molecule has 126 valence electrons. The third kappa shape index (κ3) is 10.3. The normalized spacial score (nSPS) is 10.7. The fraction of sp³-hybridized carbons (Fsp3) is 0.667. The molecule has 6 nitrogen and oxygen atoms in total. The molecule has 0 radical (unpaired) electrons. The molecule has 7 heteroatoms. The standard InChI is InChI=1S/C15H25NO5S/c1-11(2)14(19)20-9-7-12(17)16-8-6-13(18)21-15(3,4)10-22-5/h1,6-10H2,2-5H3,(H,16,17). The molecule has 0 aliphatic rings. The van der Waals surface area contributed by atoms with Crippen LogP contribution in [0, 0.1) is 0 Å². The SMILES string of the molecule is C=C(C)C(=O)OCCC(=O)NCCC(=O)OC(C)(C)CSC. The Hall–Kier alpha value is -1.50. The van der Waals surface area contributed by atoms with Crippen LogP contribution in [0.3, 0.4) is 0 Å². The van der Waals surface area contributed by atoms with Crippen LogP contribution in [0.1, 0.15) is 33.6 Å². The van der Waals surface area contributed by atoms with Gasteiger partial charge in [0.25, 0.3) is 0 Å². The van der Waals surface area contributed by atoms with Gasteiger partial charge in [-0.3, -0.25) is 9.59 Å². The van der Waals surface area contributed by atoms with Gasteiger partial charge < -0.3 is 14.8 Å². The molecule has 0 bridgehead atoms. The molecule has 0 spiro atoms. The number of esters is 2. The van der Waals surface area contributed by atoms with Gasteiger partial charge in [-0.1, -0.05) is 6.58 Å². The second kappa shape index (κ2) is 10.3. The molecule has 1 amide bonds. The highest BCUT2D eigenvalue weighted by Crippen LogP contribution is 2.15. The lowest BCUT2D eigenvalue weighted by atomic mass is 10.2. The molecule has 1 N–H and O–H groups in total. The van der Waals surface area contributed by atoms with E-state index >= 15 is 0 Å². The fourth-order valence-electron chi connectivity index (χ4n) is 1.49. The van der Waals surface area contributed by atoms with Crippen molar-refractivity contribution in [2.24, 2.45) is 0 Å². The van der Waals surface area contributed by atoms with Crippen molar-refractivity contribution in [3.05, 3.63) is 12.2 Å². The lowest BCUT2D eigenvalue weighted by molar-refractivity contribution is -0.154. The Morgan fingerprint density at radius 2 is 1.86 bits per heavy atom. The molecule has 0 saturated carbocycles. The summed E-state index contributed by atoms with van der Waals surface area (Å²) in [5.74, 6) is -0.453. The van der Waals surface area contributed by atoms with E-state index < -0.39 is 11.6 Å². The first-order valence-electron chi connectivity index (χ1n) is 6.98. The van der Waals surface area contributed by atoms with E-state index in [1.165, 1.54) is 6.92 Å². The highest BCUT2D eigenvalue weighted by Gasteiger charge is 2.21. The summed E-state index contributed by atoms with van der Waals surface area (Å²) in [5.41, 5.74) is -0.229. The number of rotatable bonds is 10. The van der Waals surface area contributed by atoms with Crippen LogP contribution in [-0.2, 0) is 23.9 Å². The average Bonchev–Trinajstić information content (AvgIpc) is 2.37. The van der Waals surface area contributed by atoms with Gasteiger partial charge in [-0.25, -0.2) is 4.79 Å². The van der Waals surface area contributed by atoms with Crippen molar-refractivity contribution in [1.29, 1.82) is 0 Å². The number of hydrogen-bond acceptors (Lipinski definition) is 6. The summed E-state index contributed by atoms with van der Waals surface area (Å²) in [4.78, 5) is 34.2. The summed E-state index contributed by atoms with van der Waals surface area (Å²) in [6.45, 7) is 8.84. The third-order valence-corrected chi connectivity index (χ3v) is 3.43. The van der Waals surface area contributed by atoms with Gasteiger partial charge in [-0.05, 0) is 27.0 Å². The van der Waals surface area contributed by atoms with Crippen LogP contribution in [-0.4, -0.2) is 48.6 Å². The summed E-state index contributed by atoms with van der Waals surface area (Å²) < 4.78 is 10.1. The Bertz CT molecular complexity index is 420. The van der Waals surface area contributed by atoms with Crippen LogP contribution < -0.4 is 5.32 Å². The first-order chi connectivity index (χ1) is 10.2. The van der Waals surface area contributed by atoms with E-state index in [0.29, 0.717) is 5.75 Å². The van der Waals surface area contributed by atoms with Gasteiger partial charge in [0.15, 0.2) is 0 Å². The van der Waals surface area contributed by atoms with Crippen LogP contribution in [0.5, 0.6) is 0 Å². The molecule has 0 heterocycles. The van der Waals surface area contributed by atoms with Crippen molar-refractivity contribution in [1.82, 2.24) is 5.32 Å². The number of amides is 1. The molecule has 0 aliphatic heterocycles. The van der Waals surface area contributed by atoms with E-state index in [9.17, 15) is 14.4 Å². The predicted molar refractivity (Wildman–Crippen MR) is 86.6 cm³/mol. The van der Waals surface area contributed by atoms with E-state index in [4.69, 9.17) is 9.47 Å². The second-order valence-corrected chi connectivity index (χ2v) is 6.30. The Kier molecular flexibility index (Phi) is 9.56. The number of nitrogens with one attached hydrogen (secondary N) is 1. The zero-order chi connectivity index (χ0) is 17.2. The molecule has 0 aromatic rings. The smallest absolute Gasteiger partial charge is 0.333 e. The molecule has 0 aromatic heterocycles. The Morgan fingerprint density at radius 3 is 2.41 bits per heavy atom. The summed E-state index contributed by atoms with van der Waals surface area (Å²) in [6.07, 6.45) is 2.09. The largest absolute Gasteiger partial charge is 0.462 e. The fourth-order valence-corrected chi connectivity index (χ4v) is 2.24. The monoisotopic (exact) mass is 331 g/mol. The van der Waals surface area contributed by atoms with Crippen LogP contribution in [0.15, 0.2) is 12.2 Å². The molecule has 0 atom stereocenters. The minimum absolute atomic E-state index is 0.0112. The van der Waals surface area contributed by atoms with Crippen molar-refractivity contribution in [3.8, 4) is 0 Å². The third-order valence-electron chi connectivity index (χ3n) is 2.44. The van der Waals surface area contributed by atoms with Crippen molar-refractivity contribution < 1.29 is 23.9 Å². The predicted octanol–water partition coefficient (Wildman–Crippen LogP) is 1.69. The van der Waals surface area contributed by atoms with Gasteiger partial charge in [0, 0.05) is 17.9 Å². The minimum Gasteiger partial charge on any atom is -0.462 e. The van der Waals surface area contributed by atoms with Gasteiger partial charge in [0.1, 0.15) is 12.2 Å². The van der Waals surface area contributed by atoms with E-state index in [1.807, 2.05) is 20.1 Å². The van der Waals surface area contributed by atoms with Gasteiger partial charge in [-0.2, -0.15) is 11.8 Å². The number of carbonyl (C=O) groups is 3. The molecule has 0 saturated heterocycles. The quantitative estimate of drug-likeness (QED) is 0.484.